The van der Waals surface area contributed by atoms with Crippen LogP contribution < -0.4 is 0 Å². The summed E-state index contributed by atoms with van der Waals surface area (Å²) in [5.74, 6) is 0. The number of hydrogen-bond donors (Lipinski definition) is 0. The summed E-state index contributed by atoms with van der Waals surface area (Å²) in [6, 6.07) is 0. The van der Waals surface area contributed by atoms with Crippen molar-refractivity contribution in [3.05, 3.63) is 0 Å². The van der Waals surface area contributed by atoms with E-state index < -0.39 is 0 Å². The molecule has 0 unspecified atom stereocenters. The van der Waals surface area contributed by atoms with Crippen LogP contribution in [0.2, 0.25) is 0 Å². The number of hydrogen-bond acceptors (Lipinski definition) is 0. The Hall–Kier alpha value is 4.01. The molecule has 0 aliphatic heterocycles. The monoisotopic (exact) mass is 495 g/mol. The molecular formula is H7InMgNbPbTi. The molecule has 0 bridgehead atoms. The van der Waals surface area contributed by atoms with Crippen LogP contribution in [0.4, 0.5) is 0 Å². The van der Waals surface area contributed by atoms with E-state index in [1.165, 1.54) is 0 Å². The van der Waals surface area contributed by atoms with Crippen LogP contribution in [0.3, 0.4) is 0 Å². The molecule has 0 fully saturated rings. The van der Waals surface area contributed by atoms with Crippen molar-refractivity contribution < 1.29 is 47.0 Å². The summed E-state index contributed by atoms with van der Waals surface area (Å²) in [6.45, 7) is 0. The minimum Gasteiger partial charge on any atom is 0 e. The Morgan fingerprint density at radius 2 is 1.20 bits per heavy atom. The van der Waals surface area contributed by atoms with Gasteiger partial charge in [-0.05, 0) is 0 Å². The SMILES string of the molecule is [H-].[H-].[InH3].[Mg+2].[Nb].[PbH2].[Ti]. The van der Waals surface area contributed by atoms with Gasteiger partial charge in [-0.2, -0.15) is 0 Å². The predicted molar refractivity (Wildman–Crippen MR) is 26.5 cm³/mol. The van der Waals surface area contributed by atoms with E-state index in [1.54, 1.807) is 0 Å². The molecule has 0 saturated heterocycles. The van der Waals surface area contributed by atoms with Gasteiger partial charge in [-0.3, -0.25) is 0 Å². The fraction of sp³-hybridized carbons (Fsp3) is 0. The molecule has 0 aliphatic carbocycles. The van der Waals surface area contributed by atoms with Crippen molar-refractivity contribution in [3.63, 3.8) is 0 Å². The van der Waals surface area contributed by atoms with E-state index in [1.807, 2.05) is 0 Å². The average molecular weight is 494 g/mol. The quantitative estimate of drug-likeness (QED) is 0.334. The van der Waals surface area contributed by atoms with Gasteiger partial charge < -0.3 is 2.85 Å². The second-order valence-corrected chi connectivity index (χ2v) is 0. The van der Waals surface area contributed by atoms with Crippen molar-refractivity contribution in [2.75, 3.05) is 0 Å². The van der Waals surface area contributed by atoms with Crippen LogP contribution in [-0.4, -0.2) is 76.2 Å². The van der Waals surface area contributed by atoms with Crippen molar-refractivity contribution in [1.82, 2.24) is 0 Å². The van der Waals surface area contributed by atoms with E-state index in [-0.39, 0.29) is 123 Å². The Balaban J connectivity index is 0. The van der Waals surface area contributed by atoms with Gasteiger partial charge in [0, 0.05) is 44.1 Å². The molecule has 3 radical (unpaired) electrons. The molecule has 0 saturated carbocycles. The summed E-state index contributed by atoms with van der Waals surface area (Å²) in [5, 5.41) is 0. The van der Waals surface area contributed by atoms with Crippen LogP contribution in [0, 0.1) is 0 Å². The minimum absolute atomic E-state index is 0. The van der Waals surface area contributed by atoms with E-state index in [0.29, 0.717) is 0 Å². The van der Waals surface area contributed by atoms with Gasteiger partial charge in [0.05, 0.1) is 0 Å². The molecule has 25 valence electrons. The van der Waals surface area contributed by atoms with E-state index in [9.17, 15) is 0 Å². The van der Waals surface area contributed by atoms with E-state index in [0.717, 1.165) is 0 Å². The average Bonchev–Trinajstić information content (AvgIpc) is 0. The summed E-state index contributed by atoms with van der Waals surface area (Å²) in [4.78, 5) is 0. The molecule has 0 aliphatic rings. The zero-order valence-electron chi connectivity index (χ0n) is 4.36. The normalized spacial score (nSPS) is 0. The number of rotatable bonds is 0. The Labute approximate surface area is 120 Å². The third-order valence-corrected chi connectivity index (χ3v) is 0. The van der Waals surface area contributed by atoms with Crippen LogP contribution in [0.15, 0.2) is 0 Å². The summed E-state index contributed by atoms with van der Waals surface area (Å²) in [5.41, 5.74) is 0. The van der Waals surface area contributed by atoms with Crippen LogP contribution in [0.1, 0.15) is 2.85 Å². The van der Waals surface area contributed by atoms with Gasteiger partial charge in [0.15, 0.2) is 0 Å². The molecular weight excluding hydrogens is 487 g/mol. The first kappa shape index (κ1) is 35.9. The van der Waals surface area contributed by atoms with Crippen LogP contribution in [0.5, 0.6) is 0 Å². The molecule has 0 aromatic rings. The van der Waals surface area contributed by atoms with Gasteiger partial charge in [-0.15, -0.1) is 0 Å². The van der Waals surface area contributed by atoms with Gasteiger partial charge in [-0.25, -0.2) is 0 Å². The van der Waals surface area contributed by atoms with Crippen molar-refractivity contribution >= 4 is 76.2 Å². The predicted octanol–water partition coefficient (Wildman–Crippen LogP) is -2.26. The summed E-state index contributed by atoms with van der Waals surface area (Å²) >= 11 is 0. The second-order valence-electron chi connectivity index (χ2n) is 0. The summed E-state index contributed by atoms with van der Waals surface area (Å²) in [6.07, 6.45) is 0. The molecule has 0 amide bonds. The topological polar surface area (TPSA) is 0 Å². The standard InChI is InChI=1S/In.Mg.Nb.Pb.Ti.7H/q;+2;;;;;;;;;2*-1. The van der Waals surface area contributed by atoms with Gasteiger partial charge >= 0.3 is 76.2 Å². The molecule has 0 atom stereocenters. The molecule has 0 N–H and O–H groups in total. The third kappa shape index (κ3) is 18.0. The van der Waals surface area contributed by atoms with Gasteiger partial charge in [0.25, 0.3) is 0 Å². The van der Waals surface area contributed by atoms with Gasteiger partial charge in [0.2, 0.25) is 0 Å². The zero-order valence-corrected chi connectivity index (χ0v) is 13.0. The first-order valence-electron chi connectivity index (χ1n) is 0. The van der Waals surface area contributed by atoms with Crippen LogP contribution >= 0.6 is 0 Å². The molecule has 0 aromatic carbocycles. The van der Waals surface area contributed by atoms with Crippen molar-refractivity contribution in [2.45, 2.75) is 0 Å². The Morgan fingerprint density at radius 1 is 1.20 bits per heavy atom. The van der Waals surface area contributed by atoms with E-state index >= 15 is 0 Å². The van der Waals surface area contributed by atoms with Crippen LogP contribution in [0.25, 0.3) is 0 Å². The summed E-state index contributed by atoms with van der Waals surface area (Å²) in [7, 11) is 0. The maximum Gasteiger partial charge on any atom is 0 e. The fourth-order valence-corrected chi connectivity index (χ4v) is 0. The molecule has 5 heteroatoms. The Kier molecular flexibility index (Phi) is 176. The third-order valence-electron chi connectivity index (χ3n) is 0. The molecule has 5 heavy (non-hydrogen) atoms. The van der Waals surface area contributed by atoms with E-state index in [2.05, 4.69) is 0 Å². The smallest absolute Gasteiger partial charge is 0 e. The largest absolute Gasteiger partial charge is 0 e. The first-order valence-corrected chi connectivity index (χ1v) is 0. The van der Waals surface area contributed by atoms with Crippen LogP contribution in [-0.2, 0) is 44.1 Å². The molecule has 0 aromatic heterocycles. The maximum atomic E-state index is 0. The minimum atomic E-state index is 0. The van der Waals surface area contributed by atoms with Gasteiger partial charge in [-0.1, -0.05) is 0 Å². The van der Waals surface area contributed by atoms with Crippen molar-refractivity contribution in [3.8, 4) is 0 Å². The zero-order chi connectivity index (χ0) is 0. The molecule has 0 spiro atoms. The fourth-order valence-electron chi connectivity index (χ4n) is 0. The first-order chi connectivity index (χ1) is 0. The molecule has 0 nitrogen and oxygen atoms in total. The second kappa shape index (κ2) is 24.5. The summed E-state index contributed by atoms with van der Waals surface area (Å²) < 4.78 is 0. The molecule has 0 rings (SSSR count). The van der Waals surface area contributed by atoms with Gasteiger partial charge in [0.1, 0.15) is 0 Å². The van der Waals surface area contributed by atoms with Crippen molar-refractivity contribution in [2.24, 2.45) is 0 Å². The Bertz CT molecular complexity index is 17.7. The maximum absolute atomic E-state index is 0. The van der Waals surface area contributed by atoms with Crippen molar-refractivity contribution in [1.29, 1.82) is 0 Å². The Morgan fingerprint density at radius 3 is 1.20 bits per heavy atom. The van der Waals surface area contributed by atoms with E-state index in [4.69, 9.17) is 0 Å². The molecule has 0 heterocycles.